The van der Waals surface area contributed by atoms with Crippen molar-refractivity contribution in [3.05, 3.63) is 63.1 Å². The van der Waals surface area contributed by atoms with Crippen molar-refractivity contribution in [2.24, 2.45) is 11.1 Å². The molecule has 0 aliphatic carbocycles. The monoisotopic (exact) mass is 712 g/mol. The topological polar surface area (TPSA) is 205 Å². The third-order valence-electron chi connectivity index (χ3n) is 8.52. The minimum Gasteiger partial charge on any atom is -0.451 e. The van der Waals surface area contributed by atoms with E-state index in [2.05, 4.69) is 15.0 Å². The predicted octanol–water partition coefficient (Wildman–Crippen LogP) is 3.01. The Morgan fingerprint density at radius 3 is 2.65 bits per heavy atom. The molecular formula is C30H35F2N4O12P. The zero-order chi connectivity index (χ0) is 35.7. The summed E-state index contributed by atoms with van der Waals surface area (Å²) in [4.78, 5) is 78.7. The SMILES string of the molecule is CC1=NO[C@@]2(CC[C@H](C)N3C[C@H]2n2cc(C(=O)NCc4ccc(F)cc4F)c(=O)c(OCOC(=O)OC[C@H](C)COP(=O)(O)O)c2C3=O)C1. The zero-order valence-corrected chi connectivity index (χ0v) is 27.6. The molecule has 1 spiro atoms. The number of halogens is 2. The Bertz CT molecular complexity index is 1780. The predicted molar refractivity (Wildman–Crippen MR) is 164 cm³/mol. The third-order valence-corrected chi connectivity index (χ3v) is 9.00. The van der Waals surface area contributed by atoms with E-state index in [1.807, 2.05) is 6.92 Å². The second-order valence-corrected chi connectivity index (χ2v) is 13.5. The summed E-state index contributed by atoms with van der Waals surface area (Å²) < 4.78 is 59.8. The van der Waals surface area contributed by atoms with Crippen LogP contribution in [0.25, 0.3) is 0 Å². The number of hydrogen-bond donors (Lipinski definition) is 3. The van der Waals surface area contributed by atoms with Gasteiger partial charge < -0.3 is 43.6 Å². The molecule has 3 aliphatic rings. The minimum absolute atomic E-state index is 0.0479. The fraction of sp³-hybridized carbons (Fsp3) is 0.500. The molecule has 1 aromatic carbocycles. The van der Waals surface area contributed by atoms with Crippen molar-refractivity contribution < 1.29 is 61.1 Å². The smallest absolute Gasteiger partial charge is 0.451 e. The number of nitrogens with one attached hydrogen (secondary N) is 1. The van der Waals surface area contributed by atoms with Crippen LogP contribution in [0.2, 0.25) is 0 Å². The Hall–Kier alpha value is -4.38. The number of amides is 2. The molecule has 1 aromatic heterocycles. The van der Waals surface area contributed by atoms with E-state index < -0.39 is 91.7 Å². The van der Waals surface area contributed by atoms with Gasteiger partial charge in [0.15, 0.2) is 11.3 Å². The summed E-state index contributed by atoms with van der Waals surface area (Å²) in [6, 6.07) is 1.90. The van der Waals surface area contributed by atoms with Crippen LogP contribution in [0.4, 0.5) is 13.6 Å². The van der Waals surface area contributed by atoms with Crippen molar-refractivity contribution >= 4 is 31.5 Å². The van der Waals surface area contributed by atoms with Crippen LogP contribution in [0, 0.1) is 17.6 Å². The highest BCUT2D eigenvalue weighted by Crippen LogP contribution is 2.46. The molecule has 0 radical (unpaired) electrons. The van der Waals surface area contributed by atoms with E-state index in [4.69, 9.17) is 28.8 Å². The zero-order valence-electron chi connectivity index (χ0n) is 26.7. The van der Waals surface area contributed by atoms with E-state index in [9.17, 15) is 32.5 Å². The lowest BCUT2D eigenvalue weighted by molar-refractivity contribution is -0.0658. The Kier molecular flexibility index (Phi) is 10.4. The lowest BCUT2D eigenvalue weighted by Crippen LogP contribution is -2.52. The van der Waals surface area contributed by atoms with Crippen molar-refractivity contribution in [2.75, 3.05) is 26.6 Å². The van der Waals surface area contributed by atoms with Crippen LogP contribution in [-0.4, -0.2) is 81.1 Å². The van der Waals surface area contributed by atoms with Crippen LogP contribution in [0.3, 0.4) is 0 Å². The molecule has 2 amide bonds. The second kappa shape index (κ2) is 14.2. The highest BCUT2D eigenvalue weighted by molar-refractivity contribution is 7.46. The molecule has 2 bridgehead atoms. The maximum Gasteiger partial charge on any atom is 0.511 e. The maximum atomic E-state index is 14.3. The van der Waals surface area contributed by atoms with Crippen molar-refractivity contribution in [2.45, 2.75) is 64.3 Å². The number of oxime groups is 1. The number of carbonyl (C=O) groups excluding carboxylic acids is 3. The Balaban J connectivity index is 1.44. The number of pyridine rings is 1. The van der Waals surface area contributed by atoms with Crippen LogP contribution < -0.4 is 15.5 Å². The van der Waals surface area contributed by atoms with Crippen molar-refractivity contribution in [1.82, 2.24) is 14.8 Å². The molecule has 266 valence electrons. The number of nitrogens with zero attached hydrogens (tertiary/aromatic N) is 3. The average Bonchev–Trinajstić information content (AvgIpc) is 3.37. The Morgan fingerprint density at radius 2 is 1.98 bits per heavy atom. The summed E-state index contributed by atoms with van der Waals surface area (Å²) >= 11 is 0. The van der Waals surface area contributed by atoms with Crippen LogP contribution in [-0.2, 0) is 29.9 Å². The van der Waals surface area contributed by atoms with Gasteiger partial charge in [-0.25, -0.2) is 18.1 Å². The number of aromatic nitrogens is 1. The highest BCUT2D eigenvalue weighted by atomic mass is 31.2. The molecule has 16 nitrogen and oxygen atoms in total. The summed E-state index contributed by atoms with van der Waals surface area (Å²) in [5, 5.41) is 6.61. The number of phosphoric acid groups is 1. The van der Waals surface area contributed by atoms with Crippen LogP contribution in [0.5, 0.6) is 5.75 Å². The van der Waals surface area contributed by atoms with E-state index >= 15 is 0 Å². The molecule has 2 aromatic rings. The fourth-order valence-corrected chi connectivity index (χ4v) is 6.45. The van der Waals surface area contributed by atoms with Gasteiger partial charge in [-0.3, -0.25) is 18.9 Å². The quantitative estimate of drug-likeness (QED) is 0.175. The first-order valence-corrected chi connectivity index (χ1v) is 16.8. The third kappa shape index (κ3) is 7.93. The van der Waals surface area contributed by atoms with Crippen LogP contribution in [0.1, 0.15) is 72.5 Å². The number of hydrogen-bond acceptors (Lipinski definition) is 11. The molecule has 1 saturated heterocycles. The number of carbonyl (C=O) groups is 3. The first-order valence-electron chi connectivity index (χ1n) is 15.2. The second-order valence-electron chi connectivity index (χ2n) is 12.3. The highest BCUT2D eigenvalue weighted by Gasteiger charge is 2.54. The number of fused-ring (bicyclic) bond motifs is 5. The van der Waals surface area contributed by atoms with Gasteiger partial charge in [-0.1, -0.05) is 18.1 Å². The molecule has 3 aliphatic heterocycles. The summed E-state index contributed by atoms with van der Waals surface area (Å²) in [6.07, 6.45) is 1.39. The van der Waals surface area contributed by atoms with E-state index in [1.165, 1.54) is 17.7 Å². The number of rotatable bonds is 11. The molecule has 19 heteroatoms. The number of ether oxygens (including phenoxy) is 3. The Labute approximate surface area is 278 Å². The first kappa shape index (κ1) is 35.9. The maximum absolute atomic E-state index is 14.3. The van der Waals surface area contributed by atoms with E-state index in [0.29, 0.717) is 31.0 Å². The summed E-state index contributed by atoms with van der Waals surface area (Å²) in [5.41, 5.74) is -1.99. The van der Waals surface area contributed by atoms with Crippen molar-refractivity contribution in [3.63, 3.8) is 0 Å². The van der Waals surface area contributed by atoms with E-state index in [0.717, 1.165) is 12.1 Å². The summed E-state index contributed by atoms with van der Waals surface area (Å²) in [6.45, 7) is 3.19. The van der Waals surface area contributed by atoms with Gasteiger partial charge in [-0.2, -0.15) is 0 Å². The summed E-state index contributed by atoms with van der Waals surface area (Å²) in [5.74, 6) is -4.48. The van der Waals surface area contributed by atoms with Gasteiger partial charge in [0.05, 0.1) is 25.0 Å². The molecule has 0 unspecified atom stereocenters. The normalized spacial score (nSPS) is 22.1. The molecule has 3 N–H and O–H groups in total. The van der Waals surface area contributed by atoms with Gasteiger partial charge in [0, 0.05) is 49.3 Å². The van der Waals surface area contributed by atoms with Gasteiger partial charge >= 0.3 is 14.0 Å². The molecule has 4 heterocycles. The van der Waals surface area contributed by atoms with E-state index in [1.54, 1.807) is 11.8 Å². The van der Waals surface area contributed by atoms with E-state index in [-0.39, 0.29) is 30.5 Å². The number of phosphoric ester groups is 1. The van der Waals surface area contributed by atoms with Crippen molar-refractivity contribution in [3.8, 4) is 5.75 Å². The lowest BCUT2D eigenvalue weighted by Gasteiger charge is -2.42. The number of benzene rings is 1. The van der Waals surface area contributed by atoms with Gasteiger partial charge in [0.25, 0.3) is 11.8 Å². The van der Waals surface area contributed by atoms with Gasteiger partial charge in [-0.05, 0) is 32.8 Å². The van der Waals surface area contributed by atoms with Gasteiger partial charge in [0.2, 0.25) is 18.0 Å². The average molecular weight is 713 g/mol. The summed E-state index contributed by atoms with van der Waals surface area (Å²) in [7, 11) is -4.73. The van der Waals surface area contributed by atoms with Crippen LogP contribution >= 0.6 is 7.82 Å². The first-order chi connectivity index (χ1) is 23.1. The molecule has 4 atom stereocenters. The van der Waals surface area contributed by atoms with Gasteiger partial charge in [0.1, 0.15) is 17.2 Å². The minimum atomic E-state index is -4.73. The molecule has 49 heavy (non-hydrogen) atoms. The fourth-order valence-electron chi connectivity index (χ4n) is 6.00. The van der Waals surface area contributed by atoms with Crippen molar-refractivity contribution in [1.29, 1.82) is 0 Å². The molecule has 1 fully saturated rings. The Morgan fingerprint density at radius 1 is 1.22 bits per heavy atom. The molecule has 0 saturated carbocycles. The largest absolute Gasteiger partial charge is 0.511 e. The molecular weight excluding hydrogens is 677 g/mol. The van der Waals surface area contributed by atoms with Crippen LogP contribution in [0.15, 0.2) is 34.3 Å². The standard InChI is InChI=1S/C30H35F2N4O12P/c1-16(14-47-49(41,42)43)13-44-29(40)46-15-45-26-24-28(39)35-12-23(30(7-6-18(35)3)9-17(2)34-48-30)36(24)11-21(25(26)37)27(38)33-10-19-4-5-20(31)8-22(19)32/h4-5,8,11,16,18,23H,6-7,9-10,12-15H2,1-3H3,(H,33,38)(H2,41,42,43)/t16-,18-,23+,30-/m0/s1. The molecule has 5 rings (SSSR count). The lowest BCUT2D eigenvalue weighted by atomic mass is 9.84. The van der Waals surface area contributed by atoms with Gasteiger partial charge in [-0.15, -0.1) is 0 Å².